The Hall–Kier alpha value is -3.21. The standard InChI is InChI=1S/C19H22N4O6.ClH/c20-18(26)14-9-13(5-6-17(14)25)28-8-7-21-10-12(24)11-29-23-16-4-2-1-3-15(16)22-19(23)27;/h1-6,9,12,21,24-25H,7-8,10-11H2,(H2,20,26)(H,22,27);1H. The summed E-state index contributed by atoms with van der Waals surface area (Å²) in [5.41, 5.74) is 5.98. The number of phenols is 1. The number of ether oxygens (including phenoxy) is 1. The maximum absolute atomic E-state index is 11.9. The molecule has 0 bridgehead atoms. The first-order valence-corrected chi connectivity index (χ1v) is 8.93. The number of carbonyl (C=O) groups is 1. The second kappa shape index (κ2) is 10.5. The quantitative estimate of drug-likeness (QED) is 0.280. The molecule has 3 aromatic rings. The summed E-state index contributed by atoms with van der Waals surface area (Å²) in [4.78, 5) is 31.2. The number of nitrogens with two attached hydrogens (primary N) is 1. The van der Waals surface area contributed by atoms with Gasteiger partial charge in [0.2, 0.25) is 0 Å². The Morgan fingerprint density at radius 1 is 1.27 bits per heavy atom. The summed E-state index contributed by atoms with van der Waals surface area (Å²) in [6.07, 6.45) is -0.842. The molecule has 0 aliphatic rings. The number of aromatic nitrogens is 2. The summed E-state index contributed by atoms with van der Waals surface area (Å²) in [5.74, 6) is -0.565. The fraction of sp³-hybridized carbons (Fsp3) is 0.263. The van der Waals surface area contributed by atoms with Crippen LogP contribution in [-0.4, -0.2) is 58.2 Å². The number of aromatic hydroxyl groups is 1. The smallest absolute Gasteiger partial charge is 0.359 e. The number of imidazole rings is 1. The Balaban J connectivity index is 0.00000320. The summed E-state index contributed by atoms with van der Waals surface area (Å²) in [6.45, 7) is 0.827. The minimum absolute atomic E-state index is 0. The number of aliphatic hydroxyl groups is 1. The lowest BCUT2D eigenvalue weighted by Gasteiger charge is -2.13. The highest BCUT2D eigenvalue weighted by Gasteiger charge is 2.11. The van der Waals surface area contributed by atoms with Gasteiger partial charge in [-0.2, -0.15) is 0 Å². The predicted octanol–water partition coefficient (Wildman–Crippen LogP) is 0.0140. The Kier molecular flexibility index (Phi) is 8.10. The van der Waals surface area contributed by atoms with Crippen molar-refractivity contribution in [3.63, 3.8) is 0 Å². The zero-order valence-electron chi connectivity index (χ0n) is 15.9. The molecule has 30 heavy (non-hydrogen) atoms. The highest BCUT2D eigenvalue weighted by atomic mass is 35.5. The molecule has 3 rings (SSSR count). The van der Waals surface area contributed by atoms with Crippen LogP contribution in [0.2, 0.25) is 0 Å². The molecule has 1 heterocycles. The number of hydrogen-bond acceptors (Lipinski definition) is 7. The molecule has 10 nitrogen and oxygen atoms in total. The lowest BCUT2D eigenvalue weighted by Crippen LogP contribution is -2.37. The van der Waals surface area contributed by atoms with E-state index in [1.54, 1.807) is 24.3 Å². The Morgan fingerprint density at radius 3 is 2.80 bits per heavy atom. The van der Waals surface area contributed by atoms with Crippen LogP contribution in [0.3, 0.4) is 0 Å². The number of aromatic amines is 1. The van der Waals surface area contributed by atoms with Crippen molar-refractivity contribution in [2.45, 2.75) is 6.10 Å². The van der Waals surface area contributed by atoms with Crippen LogP contribution < -0.4 is 26.3 Å². The lowest BCUT2D eigenvalue weighted by molar-refractivity contribution is 0.0276. The van der Waals surface area contributed by atoms with E-state index in [-0.39, 0.29) is 43.5 Å². The van der Waals surface area contributed by atoms with E-state index in [9.17, 15) is 19.8 Å². The minimum atomic E-state index is -0.842. The van der Waals surface area contributed by atoms with E-state index in [0.717, 1.165) is 4.73 Å². The van der Waals surface area contributed by atoms with Crippen LogP contribution in [0.4, 0.5) is 0 Å². The number of para-hydroxylation sites is 2. The number of amides is 1. The molecule has 1 atom stereocenters. The third kappa shape index (κ3) is 5.66. The summed E-state index contributed by atoms with van der Waals surface area (Å²) in [7, 11) is 0. The van der Waals surface area contributed by atoms with Gasteiger partial charge in [-0.1, -0.05) is 12.1 Å². The third-order valence-electron chi connectivity index (χ3n) is 4.11. The van der Waals surface area contributed by atoms with Crippen molar-refractivity contribution in [2.75, 3.05) is 26.3 Å². The van der Waals surface area contributed by atoms with Crippen molar-refractivity contribution in [2.24, 2.45) is 5.73 Å². The van der Waals surface area contributed by atoms with Crippen LogP contribution in [0.25, 0.3) is 11.0 Å². The molecule has 0 saturated heterocycles. The number of H-pyrrole nitrogens is 1. The zero-order chi connectivity index (χ0) is 20.8. The van der Waals surface area contributed by atoms with E-state index in [1.807, 2.05) is 0 Å². The van der Waals surface area contributed by atoms with Crippen molar-refractivity contribution in [1.29, 1.82) is 0 Å². The molecule has 6 N–H and O–H groups in total. The van der Waals surface area contributed by atoms with Gasteiger partial charge >= 0.3 is 5.69 Å². The molecule has 0 radical (unpaired) electrons. The Bertz CT molecular complexity index is 1050. The maximum atomic E-state index is 11.9. The number of carbonyl (C=O) groups excluding carboxylic acids is 1. The fourth-order valence-corrected chi connectivity index (χ4v) is 2.69. The van der Waals surface area contributed by atoms with E-state index in [4.69, 9.17) is 15.3 Å². The van der Waals surface area contributed by atoms with Crippen LogP contribution >= 0.6 is 12.4 Å². The second-order valence-electron chi connectivity index (χ2n) is 6.29. The second-order valence-corrected chi connectivity index (χ2v) is 6.29. The topological polar surface area (TPSA) is 152 Å². The molecule has 1 amide bonds. The number of halogens is 1. The van der Waals surface area contributed by atoms with Gasteiger partial charge in [-0.3, -0.25) is 4.79 Å². The highest BCUT2D eigenvalue weighted by Crippen LogP contribution is 2.22. The SMILES string of the molecule is Cl.NC(=O)c1cc(OCCNCC(O)COn2c(=O)[nH]c3ccccc32)ccc1O. The minimum Gasteiger partial charge on any atom is -0.507 e. The zero-order valence-corrected chi connectivity index (χ0v) is 16.7. The number of rotatable bonds is 10. The van der Waals surface area contributed by atoms with Crippen LogP contribution in [0, 0.1) is 0 Å². The summed E-state index contributed by atoms with van der Waals surface area (Å²) in [6, 6.07) is 11.3. The van der Waals surface area contributed by atoms with Gasteiger partial charge in [0.05, 0.1) is 11.1 Å². The first-order chi connectivity index (χ1) is 14.0. The van der Waals surface area contributed by atoms with Gasteiger partial charge in [0.15, 0.2) is 0 Å². The molecule has 0 spiro atoms. The normalized spacial score (nSPS) is 11.6. The number of fused-ring (bicyclic) bond motifs is 1. The molecular formula is C19H23ClN4O6. The van der Waals surface area contributed by atoms with Crippen molar-refractivity contribution >= 4 is 29.3 Å². The maximum Gasteiger partial charge on any atom is 0.359 e. The third-order valence-corrected chi connectivity index (χ3v) is 4.11. The van der Waals surface area contributed by atoms with E-state index in [1.165, 1.54) is 18.2 Å². The van der Waals surface area contributed by atoms with Crippen molar-refractivity contribution < 1.29 is 24.6 Å². The first kappa shape index (κ1) is 23.1. The van der Waals surface area contributed by atoms with E-state index in [0.29, 0.717) is 23.3 Å². The molecule has 1 aromatic heterocycles. The number of nitrogens with one attached hydrogen (secondary N) is 2. The predicted molar refractivity (Wildman–Crippen MR) is 112 cm³/mol. The number of hydrogen-bond donors (Lipinski definition) is 5. The van der Waals surface area contributed by atoms with E-state index >= 15 is 0 Å². The molecular weight excluding hydrogens is 416 g/mol. The molecule has 0 saturated carbocycles. The number of primary amides is 1. The van der Waals surface area contributed by atoms with Crippen LogP contribution in [0.1, 0.15) is 10.4 Å². The van der Waals surface area contributed by atoms with Crippen LogP contribution in [0.5, 0.6) is 11.5 Å². The van der Waals surface area contributed by atoms with Crippen molar-refractivity contribution in [3.8, 4) is 11.5 Å². The van der Waals surface area contributed by atoms with E-state index < -0.39 is 17.7 Å². The number of nitrogens with zero attached hydrogens (tertiary/aromatic N) is 1. The number of benzene rings is 2. The first-order valence-electron chi connectivity index (χ1n) is 8.93. The molecule has 0 fully saturated rings. The Labute approximate surface area is 177 Å². The highest BCUT2D eigenvalue weighted by molar-refractivity contribution is 5.95. The van der Waals surface area contributed by atoms with Crippen LogP contribution in [-0.2, 0) is 0 Å². The monoisotopic (exact) mass is 438 g/mol. The summed E-state index contributed by atoms with van der Waals surface area (Å²) < 4.78 is 6.59. The number of aliphatic hydroxyl groups excluding tert-OH is 1. The van der Waals surface area contributed by atoms with E-state index in [2.05, 4.69) is 10.3 Å². The molecule has 11 heteroatoms. The summed E-state index contributed by atoms with van der Waals surface area (Å²) in [5, 5.41) is 22.6. The van der Waals surface area contributed by atoms with Crippen LogP contribution in [0.15, 0.2) is 47.3 Å². The molecule has 2 aromatic carbocycles. The molecule has 0 aliphatic heterocycles. The molecule has 0 aliphatic carbocycles. The average molecular weight is 439 g/mol. The van der Waals surface area contributed by atoms with Crippen molar-refractivity contribution in [3.05, 3.63) is 58.5 Å². The van der Waals surface area contributed by atoms with Gasteiger partial charge in [-0.15, -0.1) is 17.1 Å². The van der Waals surface area contributed by atoms with Gasteiger partial charge in [0.25, 0.3) is 5.91 Å². The van der Waals surface area contributed by atoms with Gasteiger partial charge in [-0.05, 0) is 30.3 Å². The van der Waals surface area contributed by atoms with Gasteiger partial charge in [0.1, 0.15) is 36.3 Å². The lowest BCUT2D eigenvalue weighted by atomic mass is 10.2. The molecule has 1 unspecified atom stereocenters. The Morgan fingerprint density at radius 2 is 2.03 bits per heavy atom. The van der Waals surface area contributed by atoms with Gasteiger partial charge in [0, 0.05) is 13.1 Å². The van der Waals surface area contributed by atoms with Gasteiger partial charge in [-0.25, -0.2) is 4.79 Å². The van der Waals surface area contributed by atoms with Gasteiger partial charge < -0.3 is 35.8 Å². The largest absolute Gasteiger partial charge is 0.507 e. The van der Waals surface area contributed by atoms with Crippen molar-refractivity contribution in [1.82, 2.24) is 15.0 Å². The fourth-order valence-electron chi connectivity index (χ4n) is 2.69. The molecule has 162 valence electrons. The summed E-state index contributed by atoms with van der Waals surface area (Å²) >= 11 is 0. The average Bonchev–Trinajstić information content (AvgIpc) is 3.02.